The van der Waals surface area contributed by atoms with Crippen LogP contribution in [0.25, 0.3) is 0 Å². The molecular formula is C12H15NO2. The summed E-state index contributed by atoms with van der Waals surface area (Å²) < 4.78 is 10.7. The third-order valence-electron chi connectivity index (χ3n) is 1.64. The van der Waals surface area contributed by atoms with E-state index in [0.717, 1.165) is 0 Å². The van der Waals surface area contributed by atoms with E-state index in [4.69, 9.17) is 15.2 Å². The highest BCUT2D eigenvalue weighted by atomic mass is 16.5. The van der Waals surface area contributed by atoms with Crippen molar-refractivity contribution in [1.82, 2.24) is 0 Å². The second-order valence-corrected chi connectivity index (χ2v) is 2.94. The molecule has 0 amide bonds. The van der Waals surface area contributed by atoms with E-state index >= 15 is 0 Å². The van der Waals surface area contributed by atoms with Crippen molar-refractivity contribution in [3.63, 3.8) is 0 Å². The average molecular weight is 205 g/mol. The SMILES string of the molecule is C=CCOc1cc(N)cc(OCC=C)c1. The van der Waals surface area contributed by atoms with Gasteiger partial charge in [-0.05, 0) is 0 Å². The van der Waals surface area contributed by atoms with Gasteiger partial charge < -0.3 is 15.2 Å². The van der Waals surface area contributed by atoms with Crippen LogP contribution in [-0.2, 0) is 0 Å². The van der Waals surface area contributed by atoms with Gasteiger partial charge >= 0.3 is 0 Å². The summed E-state index contributed by atoms with van der Waals surface area (Å²) in [6.07, 6.45) is 3.35. The van der Waals surface area contributed by atoms with Crippen LogP contribution in [0.5, 0.6) is 11.5 Å². The van der Waals surface area contributed by atoms with Gasteiger partial charge in [0.1, 0.15) is 24.7 Å². The Morgan fingerprint density at radius 2 is 1.47 bits per heavy atom. The van der Waals surface area contributed by atoms with Gasteiger partial charge in [-0.25, -0.2) is 0 Å². The first-order valence-corrected chi connectivity index (χ1v) is 4.64. The molecule has 0 aliphatic rings. The average Bonchev–Trinajstić information content (AvgIpc) is 2.23. The first-order valence-electron chi connectivity index (χ1n) is 4.64. The topological polar surface area (TPSA) is 44.5 Å². The quantitative estimate of drug-likeness (QED) is 0.573. The van der Waals surface area contributed by atoms with Crippen molar-refractivity contribution >= 4 is 5.69 Å². The summed E-state index contributed by atoms with van der Waals surface area (Å²) in [4.78, 5) is 0. The third kappa shape index (κ3) is 3.77. The Morgan fingerprint density at radius 3 is 1.87 bits per heavy atom. The maximum absolute atomic E-state index is 5.69. The zero-order valence-electron chi connectivity index (χ0n) is 8.61. The van der Waals surface area contributed by atoms with E-state index in [1.165, 1.54) is 0 Å². The minimum absolute atomic E-state index is 0.449. The lowest BCUT2D eigenvalue weighted by molar-refractivity contribution is 0.345. The lowest BCUT2D eigenvalue weighted by atomic mass is 10.3. The molecular weight excluding hydrogens is 190 g/mol. The van der Waals surface area contributed by atoms with Crippen LogP contribution >= 0.6 is 0 Å². The van der Waals surface area contributed by atoms with Crippen molar-refractivity contribution in [2.45, 2.75) is 0 Å². The zero-order valence-corrected chi connectivity index (χ0v) is 8.61. The second kappa shape index (κ2) is 5.75. The minimum atomic E-state index is 0.449. The van der Waals surface area contributed by atoms with E-state index < -0.39 is 0 Å². The lowest BCUT2D eigenvalue weighted by Gasteiger charge is -2.08. The number of nitrogen functional groups attached to an aromatic ring is 1. The monoisotopic (exact) mass is 205 g/mol. The van der Waals surface area contributed by atoms with E-state index in [9.17, 15) is 0 Å². The van der Waals surface area contributed by atoms with E-state index in [-0.39, 0.29) is 0 Å². The molecule has 80 valence electrons. The second-order valence-electron chi connectivity index (χ2n) is 2.94. The van der Waals surface area contributed by atoms with Crippen LogP contribution in [0.2, 0.25) is 0 Å². The molecule has 0 aromatic heterocycles. The van der Waals surface area contributed by atoms with Gasteiger partial charge in [-0.2, -0.15) is 0 Å². The van der Waals surface area contributed by atoms with E-state index in [1.54, 1.807) is 30.4 Å². The number of nitrogens with two attached hydrogens (primary N) is 1. The fourth-order valence-corrected chi connectivity index (χ4v) is 1.07. The Bertz CT molecular complexity index is 317. The third-order valence-corrected chi connectivity index (χ3v) is 1.64. The largest absolute Gasteiger partial charge is 0.489 e. The minimum Gasteiger partial charge on any atom is -0.489 e. The first kappa shape index (κ1) is 11.2. The predicted octanol–water partition coefficient (Wildman–Crippen LogP) is 2.40. The van der Waals surface area contributed by atoms with Gasteiger partial charge in [0, 0.05) is 23.9 Å². The molecule has 0 saturated carbocycles. The molecule has 3 heteroatoms. The van der Waals surface area contributed by atoms with Gasteiger partial charge in [0.25, 0.3) is 0 Å². The molecule has 3 nitrogen and oxygen atoms in total. The molecule has 0 fully saturated rings. The molecule has 0 bridgehead atoms. The van der Waals surface area contributed by atoms with Crippen molar-refractivity contribution < 1.29 is 9.47 Å². The normalized spacial score (nSPS) is 9.33. The van der Waals surface area contributed by atoms with Crippen molar-refractivity contribution in [1.29, 1.82) is 0 Å². The predicted molar refractivity (Wildman–Crippen MR) is 62.2 cm³/mol. The van der Waals surface area contributed by atoms with Gasteiger partial charge in [-0.15, -0.1) is 0 Å². The van der Waals surface area contributed by atoms with Gasteiger partial charge in [-0.3, -0.25) is 0 Å². The molecule has 1 aromatic carbocycles. The summed E-state index contributed by atoms with van der Waals surface area (Å²) in [6, 6.07) is 5.26. The Morgan fingerprint density at radius 1 is 1.00 bits per heavy atom. The molecule has 0 unspecified atom stereocenters. The summed E-state index contributed by atoms with van der Waals surface area (Å²) in [5.41, 5.74) is 6.30. The van der Waals surface area contributed by atoms with Crippen molar-refractivity contribution in [2.24, 2.45) is 0 Å². The van der Waals surface area contributed by atoms with Crippen LogP contribution in [0.1, 0.15) is 0 Å². The fourth-order valence-electron chi connectivity index (χ4n) is 1.07. The van der Waals surface area contributed by atoms with E-state index in [1.807, 2.05) is 0 Å². The highest BCUT2D eigenvalue weighted by molar-refractivity contribution is 5.50. The molecule has 0 aliphatic carbocycles. The maximum Gasteiger partial charge on any atom is 0.125 e. The number of hydrogen-bond donors (Lipinski definition) is 1. The lowest BCUT2D eigenvalue weighted by Crippen LogP contribution is -1.98. The van der Waals surface area contributed by atoms with E-state index in [2.05, 4.69) is 13.2 Å². The van der Waals surface area contributed by atoms with Gasteiger partial charge in [0.15, 0.2) is 0 Å². The number of ether oxygens (including phenoxy) is 2. The Hall–Kier alpha value is -1.90. The molecule has 0 spiro atoms. The first-order chi connectivity index (χ1) is 7.26. The van der Waals surface area contributed by atoms with Gasteiger partial charge in [-0.1, -0.05) is 25.3 Å². The maximum atomic E-state index is 5.69. The van der Waals surface area contributed by atoms with Crippen LogP contribution in [-0.4, -0.2) is 13.2 Å². The Kier molecular flexibility index (Phi) is 4.29. The van der Waals surface area contributed by atoms with Crippen molar-refractivity contribution in [3.8, 4) is 11.5 Å². The molecule has 15 heavy (non-hydrogen) atoms. The number of anilines is 1. The summed E-state index contributed by atoms with van der Waals surface area (Å²) in [5.74, 6) is 1.35. The van der Waals surface area contributed by atoms with Crippen LogP contribution in [0, 0.1) is 0 Å². The summed E-state index contributed by atoms with van der Waals surface area (Å²) >= 11 is 0. The molecule has 0 saturated heterocycles. The standard InChI is InChI=1S/C12H15NO2/c1-3-5-14-11-7-10(13)8-12(9-11)15-6-4-2/h3-4,7-9H,1-2,5-6,13H2. The molecule has 1 aromatic rings. The Balaban J connectivity index is 2.74. The van der Waals surface area contributed by atoms with Crippen molar-refractivity contribution in [2.75, 3.05) is 18.9 Å². The van der Waals surface area contributed by atoms with Gasteiger partial charge in [0.05, 0.1) is 0 Å². The summed E-state index contributed by atoms with van der Waals surface area (Å²) in [5, 5.41) is 0. The van der Waals surface area contributed by atoms with Crippen LogP contribution in [0.3, 0.4) is 0 Å². The van der Waals surface area contributed by atoms with Crippen LogP contribution < -0.4 is 15.2 Å². The summed E-state index contributed by atoms with van der Waals surface area (Å²) in [7, 11) is 0. The molecule has 1 rings (SSSR count). The number of rotatable bonds is 6. The molecule has 0 radical (unpaired) electrons. The summed E-state index contributed by atoms with van der Waals surface area (Å²) in [6.45, 7) is 8.04. The van der Waals surface area contributed by atoms with Crippen LogP contribution in [0.15, 0.2) is 43.5 Å². The van der Waals surface area contributed by atoms with Crippen LogP contribution in [0.4, 0.5) is 5.69 Å². The molecule has 2 N–H and O–H groups in total. The molecule has 0 heterocycles. The molecule has 0 atom stereocenters. The molecule has 0 aliphatic heterocycles. The number of hydrogen-bond acceptors (Lipinski definition) is 3. The Labute approximate surface area is 89.8 Å². The fraction of sp³-hybridized carbons (Fsp3) is 0.167. The van der Waals surface area contributed by atoms with E-state index in [0.29, 0.717) is 30.4 Å². The smallest absolute Gasteiger partial charge is 0.125 e. The van der Waals surface area contributed by atoms with Crippen molar-refractivity contribution in [3.05, 3.63) is 43.5 Å². The highest BCUT2D eigenvalue weighted by Crippen LogP contribution is 2.24. The highest BCUT2D eigenvalue weighted by Gasteiger charge is 1.99. The number of benzene rings is 1. The van der Waals surface area contributed by atoms with Gasteiger partial charge in [0.2, 0.25) is 0 Å². The zero-order chi connectivity index (χ0) is 11.1.